The normalized spacial score (nSPS) is 15.8. The number of piperazine rings is 1. The molecule has 2 heterocycles. The van der Waals surface area contributed by atoms with Crippen molar-refractivity contribution in [1.82, 2.24) is 10.6 Å². The van der Waals surface area contributed by atoms with E-state index in [1.54, 1.807) is 0 Å². The molecule has 3 rings (SSSR count). The number of carbonyl (C=O) groups is 2. The van der Waals surface area contributed by atoms with E-state index in [-0.39, 0.29) is 11.9 Å². The highest BCUT2D eigenvalue weighted by atomic mass is 16.2. The molecule has 1 aliphatic heterocycles. The van der Waals surface area contributed by atoms with Gasteiger partial charge in [0.05, 0.1) is 6.20 Å². The van der Waals surface area contributed by atoms with Gasteiger partial charge in [-0.15, -0.1) is 0 Å². The van der Waals surface area contributed by atoms with Crippen molar-refractivity contribution in [3.05, 3.63) is 60.3 Å². The maximum Gasteiger partial charge on any atom is 0.321 e. The number of H-pyrrole nitrogens is 1. The van der Waals surface area contributed by atoms with Crippen molar-refractivity contribution in [2.24, 2.45) is 0 Å². The monoisotopic (exact) mass is 369 g/mol. The Balaban J connectivity index is 1.43. The Labute approximate surface area is 159 Å². The number of pyridine rings is 1. The average Bonchev–Trinajstić information content (AvgIpc) is 2.73. The third kappa shape index (κ3) is 5.27. The molecular formula is C20H27N5O2+2. The second kappa shape index (κ2) is 9.14. The number of nitrogens with zero attached hydrogens (tertiary/aromatic N) is 1. The molecule has 0 saturated carbocycles. The van der Waals surface area contributed by atoms with Crippen LogP contribution in [0.3, 0.4) is 0 Å². The first kappa shape index (κ1) is 18.8. The molecule has 1 aromatic carbocycles. The Morgan fingerprint density at radius 3 is 2.48 bits per heavy atom. The second-order valence-electron chi connectivity index (χ2n) is 6.77. The summed E-state index contributed by atoms with van der Waals surface area (Å²) < 4.78 is 0. The largest absolute Gasteiger partial charge is 0.334 e. The molecule has 2 aromatic rings. The van der Waals surface area contributed by atoms with Gasteiger partial charge in [0, 0.05) is 12.6 Å². The minimum Gasteiger partial charge on any atom is -0.334 e. The van der Waals surface area contributed by atoms with Gasteiger partial charge >= 0.3 is 6.03 Å². The van der Waals surface area contributed by atoms with E-state index < -0.39 is 6.03 Å². The molecule has 1 aromatic heterocycles. The Kier molecular flexibility index (Phi) is 6.38. The van der Waals surface area contributed by atoms with Gasteiger partial charge in [-0.1, -0.05) is 36.4 Å². The highest BCUT2D eigenvalue weighted by Crippen LogP contribution is 2.04. The molecule has 1 fully saturated rings. The van der Waals surface area contributed by atoms with E-state index in [2.05, 4.69) is 26.6 Å². The lowest BCUT2D eigenvalue weighted by atomic mass is 10.2. The van der Waals surface area contributed by atoms with Crippen LogP contribution in [0.4, 0.5) is 10.6 Å². The van der Waals surface area contributed by atoms with Crippen LogP contribution in [-0.4, -0.2) is 44.2 Å². The summed E-state index contributed by atoms with van der Waals surface area (Å²) in [5, 5.41) is 5.18. The molecule has 4 N–H and O–H groups in total. The zero-order chi connectivity index (χ0) is 19.1. The molecule has 7 heteroatoms. The van der Waals surface area contributed by atoms with E-state index in [0.717, 1.165) is 37.6 Å². The van der Waals surface area contributed by atoms with Crippen LogP contribution < -0.4 is 25.4 Å². The standard InChI is InChI=1S/C20H25N5O2/c1-16(19(26)23-20(27)22-15-17-7-3-2-4-8-17)24-11-13-25(14-12-24)18-9-5-6-10-21-18/h2-10,16H,11-15H2,1H3,(H2,22,23,26,27)/p+2/t16-/m1/s1. The minimum atomic E-state index is -0.451. The van der Waals surface area contributed by atoms with Crippen molar-refractivity contribution < 1.29 is 19.5 Å². The van der Waals surface area contributed by atoms with Gasteiger partial charge in [0.15, 0.2) is 6.04 Å². The molecule has 3 amide bonds. The van der Waals surface area contributed by atoms with Crippen LogP contribution in [0.5, 0.6) is 0 Å². The van der Waals surface area contributed by atoms with Gasteiger partial charge in [-0.25, -0.2) is 9.78 Å². The first-order valence-electron chi connectivity index (χ1n) is 9.32. The van der Waals surface area contributed by atoms with E-state index in [9.17, 15) is 9.59 Å². The average molecular weight is 369 g/mol. The molecule has 0 spiro atoms. The van der Waals surface area contributed by atoms with Crippen molar-refractivity contribution in [1.29, 1.82) is 0 Å². The predicted molar refractivity (Wildman–Crippen MR) is 102 cm³/mol. The number of carbonyl (C=O) groups excluding carboxylic acids is 2. The number of hydrogen-bond donors (Lipinski definition) is 3. The molecule has 1 aliphatic rings. The topological polar surface area (TPSA) is 80.0 Å². The number of aromatic nitrogens is 1. The molecule has 0 radical (unpaired) electrons. The first-order valence-corrected chi connectivity index (χ1v) is 9.32. The number of anilines is 1. The van der Waals surface area contributed by atoms with E-state index >= 15 is 0 Å². The number of benzene rings is 1. The molecule has 1 saturated heterocycles. The van der Waals surface area contributed by atoms with E-state index in [0.29, 0.717) is 6.54 Å². The smallest absolute Gasteiger partial charge is 0.321 e. The van der Waals surface area contributed by atoms with Crippen LogP contribution in [0, 0.1) is 0 Å². The Hall–Kier alpha value is -2.93. The molecule has 0 unspecified atom stereocenters. The molecule has 0 aliphatic carbocycles. The van der Waals surface area contributed by atoms with E-state index in [1.807, 2.05) is 55.6 Å². The van der Waals surface area contributed by atoms with Crippen LogP contribution in [0.1, 0.15) is 12.5 Å². The number of nitrogens with one attached hydrogen (secondary N) is 4. The Bertz CT molecular complexity index is 745. The first-order chi connectivity index (χ1) is 13.1. The highest BCUT2D eigenvalue weighted by Gasteiger charge is 2.32. The van der Waals surface area contributed by atoms with Crippen molar-refractivity contribution in [3.63, 3.8) is 0 Å². The van der Waals surface area contributed by atoms with Crippen LogP contribution in [0.25, 0.3) is 0 Å². The summed E-state index contributed by atoms with van der Waals surface area (Å²) in [6.07, 6.45) is 1.92. The summed E-state index contributed by atoms with van der Waals surface area (Å²) in [5.41, 5.74) is 0.993. The van der Waals surface area contributed by atoms with Crippen molar-refractivity contribution in [3.8, 4) is 0 Å². The van der Waals surface area contributed by atoms with Crippen molar-refractivity contribution >= 4 is 17.8 Å². The Morgan fingerprint density at radius 1 is 1.11 bits per heavy atom. The lowest BCUT2D eigenvalue weighted by Crippen LogP contribution is -3.19. The summed E-state index contributed by atoms with van der Waals surface area (Å²) in [4.78, 5) is 31.1. The lowest BCUT2D eigenvalue weighted by Gasteiger charge is -2.31. The molecule has 1 atom stereocenters. The fourth-order valence-corrected chi connectivity index (χ4v) is 3.28. The number of urea groups is 1. The Morgan fingerprint density at radius 2 is 1.81 bits per heavy atom. The molecule has 7 nitrogen and oxygen atoms in total. The highest BCUT2D eigenvalue weighted by molar-refractivity contribution is 5.96. The molecule has 27 heavy (non-hydrogen) atoms. The van der Waals surface area contributed by atoms with Crippen LogP contribution in [0.15, 0.2) is 54.7 Å². The van der Waals surface area contributed by atoms with Gasteiger partial charge < -0.3 is 10.2 Å². The zero-order valence-corrected chi connectivity index (χ0v) is 15.6. The molecule has 0 bridgehead atoms. The summed E-state index contributed by atoms with van der Waals surface area (Å²) >= 11 is 0. The lowest BCUT2D eigenvalue weighted by molar-refractivity contribution is -0.914. The van der Waals surface area contributed by atoms with Crippen LogP contribution in [0.2, 0.25) is 0 Å². The van der Waals surface area contributed by atoms with Crippen molar-refractivity contribution in [2.75, 3.05) is 31.1 Å². The third-order valence-corrected chi connectivity index (χ3v) is 4.98. The summed E-state index contributed by atoms with van der Waals surface area (Å²) in [6, 6.07) is 14.9. The SMILES string of the molecule is C[C@H](C(=O)NC(=O)NCc1ccccc1)[NH+]1CCN(c2cccc[nH+]2)CC1. The predicted octanol–water partition coefficient (Wildman–Crippen LogP) is -0.380. The molecular weight excluding hydrogens is 342 g/mol. The number of quaternary nitrogens is 1. The fourth-order valence-electron chi connectivity index (χ4n) is 3.28. The maximum absolute atomic E-state index is 12.4. The van der Waals surface area contributed by atoms with E-state index in [4.69, 9.17) is 0 Å². The second-order valence-corrected chi connectivity index (χ2v) is 6.77. The van der Waals surface area contributed by atoms with E-state index in [1.165, 1.54) is 4.90 Å². The number of rotatable bonds is 5. The minimum absolute atomic E-state index is 0.240. The van der Waals surface area contributed by atoms with Gasteiger partial charge in [-0.05, 0) is 18.6 Å². The van der Waals surface area contributed by atoms with Gasteiger partial charge in [0.2, 0.25) is 0 Å². The van der Waals surface area contributed by atoms with Gasteiger partial charge in [-0.3, -0.25) is 15.0 Å². The quantitative estimate of drug-likeness (QED) is 0.672. The van der Waals surface area contributed by atoms with Crippen LogP contribution in [-0.2, 0) is 11.3 Å². The third-order valence-electron chi connectivity index (χ3n) is 4.98. The number of hydrogen-bond acceptors (Lipinski definition) is 3. The summed E-state index contributed by atoms with van der Waals surface area (Å²) in [6.45, 7) is 5.71. The maximum atomic E-state index is 12.4. The van der Waals surface area contributed by atoms with Crippen LogP contribution >= 0.6 is 0 Å². The summed E-state index contributed by atoms with van der Waals surface area (Å²) in [5.74, 6) is 0.851. The van der Waals surface area contributed by atoms with Crippen molar-refractivity contribution in [2.45, 2.75) is 19.5 Å². The summed E-state index contributed by atoms with van der Waals surface area (Å²) in [7, 11) is 0. The fraction of sp³-hybridized carbons (Fsp3) is 0.350. The van der Waals surface area contributed by atoms with Gasteiger partial charge in [0.1, 0.15) is 26.2 Å². The number of amides is 3. The van der Waals surface area contributed by atoms with Gasteiger partial charge in [-0.2, -0.15) is 0 Å². The van der Waals surface area contributed by atoms with Gasteiger partial charge in [0.25, 0.3) is 11.7 Å². The number of imide groups is 1. The zero-order valence-electron chi connectivity index (χ0n) is 15.6. The number of aromatic amines is 1. The molecule has 142 valence electrons.